The summed E-state index contributed by atoms with van der Waals surface area (Å²) >= 11 is 6.19. The summed E-state index contributed by atoms with van der Waals surface area (Å²) < 4.78 is 11.3. The van der Waals surface area contributed by atoms with E-state index in [9.17, 15) is 0 Å². The van der Waals surface area contributed by atoms with E-state index in [0.717, 1.165) is 16.9 Å². The number of nitrogens with two attached hydrogens (primary N) is 1. The van der Waals surface area contributed by atoms with Gasteiger partial charge in [-0.3, -0.25) is 0 Å². The van der Waals surface area contributed by atoms with Crippen molar-refractivity contribution in [1.29, 1.82) is 0 Å². The quantitative estimate of drug-likeness (QED) is 0.913. The van der Waals surface area contributed by atoms with E-state index in [1.165, 1.54) is 0 Å². The van der Waals surface area contributed by atoms with Gasteiger partial charge in [-0.1, -0.05) is 35.9 Å². The first-order valence-corrected chi connectivity index (χ1v) is 6.79. The predicted octanol–water partition coefficient (Wildman–Crippen LogP) is 3.74. The van der Waals surface area contributed by atoms with E-state index in [-0.39, 0.29) is 6.10 Å². The number of para-hydroxylation sites is 1. The number of benzene rings is 2. The van der Waals surface area contributed by atoms with Gasteiger partial charge in [0.15, 0.2) is 0 Å². The van der Waals surface area contributed by atoms with Gasteiger partial charge in [0.2, 0.25) is 0 Å². The normalized spacial score (nSPS) is 12.0. The molecule has 0 aromatic heterocycles. The molecule has 0 saturated carbocycles. The Hall–Kier alpha value is -1.71. The molecule has 0 aliphatic carbocycles. The summed E-state index contributed by atoms with van der Waals surface area (Å²) in [4.78, 5) is 0. The van der Waals surface area contributed by atoms with Crippen LogP contribution in [0.3, 0.4) is 0 Å². The van der Waals surface area contributed by atoms with Gasteiger partial charge in [0.25, 0.3) is 0 Å². The van der Waals surface area contributed by atoms with E-state index in [4.69, 9.17) is 26.8 Å². The lowest BCUT2D eigenvalue weighted by atomic mass is 10.1. The molecule has 0 aliphatic heterocycles. The van der Waals surface area contributed by atoms with Gasteiger partial charge in [-0.15, -0.1) is 0 Å². The average molecular weight is 292 g/mol. The van der Waals surface area contributed by atoms with E-state index in [2.05, 4.69) is 0 Å². The molecule has 0 amide bonds. The highest BCUT2D eigenvalue weighted by atomic mass is 35.5. The van der Waals surface area contributed by atoms with Crippen LogP contribution >= 0.6 is 11.6 Å². The lowest BCUT2D eigenvalue weighted by molar-refractivity contribution is 0.209. The molecular formula is C16H18ClNO2. The Morgan fingerprint density at radius 2 is 1.90 bits per heavy atom. The first-order valence-electron chi connectivity index (χ1n) is 6.41. The predicted molar refractivity (Wildman–Crippen MR) is 81.6 cm³/mol. The second kappa shape index (κ2) is 6.64. The number of halogens is 1. The summed E-state index contributed by atoms with van der Waals surface area (Å²) in [6.07, 6.45) is -0.300. The minimum Gasteiger partial charge on any atom is -0.496 e. The van der Waals surface area contributed by atoms with E-state index in [1.807, 2.05) is 49.4 Å². The molecule has 0 aliphatic rings. The number of hydrogen-bond acceptors (Lipinski definition) is 3. The Morgan fingerprint density at radius 3 is 2.55 bits per heavy atom. The molecule has 2 rings (SSSR count). The van der Waals surface area contributed by atoms with Crippen LogP contribution in [-0.4, -0.2) is 13.7 Å². The SMILES string of the molecule is COc1ccccc1C(CN)Oc1ccc(C)cc1Cl. The number of methoxy groups -OCH3 is 1. The molecule has 1 unspecified atom stereocenters. The number of rotatable bonds is 5. The molecule has 20 heavy (non-hydrogen) atoms. The molecule has 0 bridgehead atoms. The van der Waals surface area contributed by atoms with Crippen molar-refractivity contribution in [3.63, 3.8) is 0 Å². The van der Waals surface area contributed by atoms with Crippen molar-refractivity contribution in [2.45, 2.75) is 13.0 Å². The van der Waals surface area contributed by atoms with Crippen LogP contribution < -0.4 is 15.2 Å². The Labute approximate surface area is 124 Å². The maximum Gasteiger partial charge on any atom is 0.140 e. The fraction of sp³-hybridized carbons (Fsp3) is 0.250. The van der Waals surface area contributed by atoms with Crippen LogP contribution in [0.25, 0.3) is 0 Å². The highest BCUT2D eigenvalue weighted by Gasteiger charge is 2.17. The van der Waals surface area contributed by atoms with Gasteiger partial charge in [-0.25, -0.2) is 0 Å². The molecule has 0 heterocycles. The van der Waals surface area contributed by atoms with Crippen LogP contribution in [0.1, 0.15) is 17.2 Å². The average Bonchev–Trinajstić information content (AvgIpc) is 2.46. The van der Waals surface area contributed by atoms with Crippen LogP contribution in [0.2, 0.25) is 5.02 Å². The fourth-order valence-electron chi connectivity index (χ4n) is 2.03. The lowest BCUT2D eigenvalue weighted by Crippen LogP contribution is -2.19. The summed E-state index contributed by atoms with van der Waals surface area (Å²) in [5, 5.41) is 0.582. The van der Waals surface area contributed by atoms with E-state index < -0.39 is 0 Å². The van der Waals surface area contributed by atoms with Crippen LogP contribution in [0.15, 0.2) is 42.5 Å². The van der Waals surface area contributed by atoms with Crippen molar-refractivity contribution < 1.29 is 9.47 Å². The second-order valence-corrected chi connectivity index (χ2v) is 4.93. The van der Waals surface area contributed by atoms with E-state index in [0.29, 0.717) is 17.3 Å². The Balaban J connectivity index is 2.29. The van der Waals surface area contributed by atoms with E-state index >= 15 is 0 Å². The lowest BCUT2D eigenvalue weighted by Gasteiger charge is -2.20. The molecule has 0 spiro atoms. The van der Waals surface area contributed by atoms with Crippen LogP contribution in [-0.2, 0) is 0 Å². The van der Waals surface area contributed by atoms with Gasteiger partial charge in [-0.05, 0) is 30.7 Å². The molecule has 2 N–H and O–H groups in total. The van der Waals surface area contributed by atoms with Gasteiger partial charge in [-0.2, -0.15) is 0 Å². The van der Waals surface area contributed by atoms with Crippen molar-refractivity contribution in [2.24, 2.45) is 5.73 Å². The summed E-state index contributed by atoms with van der Waals surface area (Å²) in [6.45, 7) is 2.32. The van der Waals surface area contributed by atoms with Crippen molar-refractivity contribution >= 4 is 11.6 Å². The molecule has 2 aromatic carbocycles. The molecule has 2 aromatic rings. The minimum absolute atomic E-state index is 0.300. The summed E-state index contributed by atoms with van der Waals surface area (Å²) in [6, 6.07) is 13.4. The highest BCUT2D eigenvalue weighted by molar-refractivity contribution is 6.32. The van der Waals surface area contributed by atoms with Crippen LogP contribution in [0.5, 0.6) is 11.5 Å². The molecule has 3 nitrogen and oxygen atoms in total. The second-order valence-electron chi connectivity index (χ2n) is 4.52. The maximum absolute atomic E-state index is 6.19. The van der Waals surface area contributed by atoms with Crippen molar-refractivity contribution in [3.8, 4) is 11.5 Å². The number of hydrogen-bond donors (Lipinski definition) is 1. The molecule has 0 radical (unpaired) electrons. The van der Waals surface area contributed by atoms with Crippen LogP contribution in [0.4, 0.5) is 0 Å². The Kier molecular flexibility index (Phi) is 4.88. The third-order valence-corrected chi connectivity index (χ3v) is 3.35. The van der Waals surface area contributed by atoms with Gasteiger partial charge in [0, 0.05) is 12.1 Å². The molecule has 106 valence electrons. The Morgan fingerprint density at radius 1 is 1.15 bits per heavy atom. The summed E-state index contributed by atoms with van der Waals surface area (Å²) in [5.41, 5.74) is 7.83. The molecule has 1 atom stereocenters. The zero-order valence-electron chi connectivity index (χ0n) is 11.6. The Bertz CT molecular complexity index is 586. The first kappa shape index (κ1) is 14.7. The van der Waals surface area contributed by atoms with Gasteiger partial charge in [0.05, 0.1) is 12.1 Å². The smallest absolute Gasteiger partial charge is 0.140 e. The largest absolute Gasteiger partial charge is 0.496 e. The monoisotopic (exact) mass is 291 g/mol. The maximum atomic E-state index is 6.19. The van der Waals surface area contributed by atoms with Gasteiger partial charge in [0.1, 0.15) is 17.6 Å². The van der Waals surface area contributed by atoms with Crippen molar-refractivity contribution in [3.05, 3.63) is 58.6 Å². The number of ether oxygens (including phenoxy) is 2. The number of aryl methyl sites for hydroxylation is 1. The zero-order valence-corrected chi connectivity index (χ0v) is 12.4. The van der Waals surface area contributed by atoms with Crippen LogP contribution in [0, 0.1) is 6.92 Å². The zero-order chi connectivity index (χ0) is 14.5. The van der Waals surface area contributed by atoms with Gasteiger partial charge >= 0.3 is 0 Å². The third kappa shape index (κ3) is 3.24. The van der Waals surface area contributed by atoms with E-state index in [1.54, 1.807) is 7.11 Å². The van der Waals surface area contributed by atoms with Gasteiger partial charge < -0.3 is 15.2 Å². The summed E-state index contributed by atoms with van der Waals surface area (Å²) in [5.74, 6) is 1.38. The molecule has 0 saturated heterocycles. The molecule has 4 heteroatoms. The molecular weight excluding hydrogens is 274 g/mol. The fourth-order valence-corrected chi connectivity index (χ4v) is 2.31. The third-order valence-electron chi connectivity index (χ3n) is 3.06. The highest BCUT2D eigenvalue weighted by Crippen LogP contribution is 2.32. The minimum atomic E-state index is -0.300. The summed E-state index contributed by atoms with van der Waals surface area (Å²) in [7, 11) is 1.63. The topological polar surface area (TPSA) is 44.5 Å². The standard InChI is InChI=1S/C16H18ClNO2/c1-11-7-8-15(13(17)9-11)20-16(10-18)12-5-3-4-6-14(12)19-2/h3-9,16H,10,18H2,1-2H3. The van der Waals surface area contributed by atoms with Crippen molar-refractivity contribution in [1.82, 2.24) is 0 Å². The molecule has 0 fully saturated rings. The first-order chi connectivity index (χ1) is 9.65. The van der Waals surface area contributed by atoms with Crippen molar-refractivity contribution in [2.75, 3.05) is 13.7 Å².